The standard InChI is InChI=1S/C25H23FN2O4S/c1-14-19(6-15-7-22(31-2)25(30)23(8-15)32-3)18-5-4-16(26)9-21(18)20(14)10-24(29)28-12-17-11-27-13-33-17/h4-9,11,13,30H,10,12H2,1-3H3,(H,28,29). The molecule has 0 bridgehead atoms. The number of ether oxygens (including phenoxy) is 2. The van der Waals surface area contributed by atoms with Crippen molar-refractivity contribution in [3.05, 3.63) is 75.0 Å². The van der Waals surface area contributed by atoms with Crippen molar-refractivity contribution >= 4 is 34.5 Å². The third-order valence-corrected chi connectivity index (χ3v) is 6.33. The van der Waals surface area contributed by atoms with Crippen LogP contribution < -0.4 is 14.8 Å². The summed E-state index contributed by atoms with van der Waals surface area (Å²) >= 11 is 1.47. The number of aromatic hydroxyl groups is 1. The van der Waals surface area contributed by atoms with Gasteiger partial charge in [0.2, 0.25) is 11.7 Å². The van der Waals surface area contributed by atoms with Crippen molar-refractivity contribution in [3.8, 4) is 17.2 Å². The fraction of sp³-hybridized carbons (Fsp3) is 0.200. The average Bonchev–Trinajstić information content (AvgIpc) is 3.41. The number of halogens is 1. The maximum absolute atomic E-state index is 14.1. The number of allylic oxidation sites excluding steroid dienone is 2. The first-order chi connectivity index (χ1) is 15.9. The second-order valence-electron chi connectivity index (χ2n) is 7.55. The van der Waals surface area contributed by atoms with Crippen LogP contribution in [0.4, 0.5) is 4.39 Å². The van der Waals surface area contributed by atoms with Gasteiger partial charge in [0, 0.05) is 11.1 Å². The molecule has 8 heteroatoms. The monoisotopic (exact) mass is 466 g/mol. The number of hydrogen-bond acceptors (Lipinski definition) is 6. The molecule has 0 fully saturated rings. The van der Waals surface area contributed by atoms with E-state index in [-0.39, 0.29) is 35.4 Å². The summed E-state index contributed by atoms with van der Waals surface area (Å²) in [4.78, 5) is 17.6. The molecule has 0 saturated carbocycles. The van der Waals surface area contributed by atoms with E-state index in [1.54, 1.807) is 29.9 Å². The molecule has 2 aromatic carbocycles. The van der Waals surface area contributed by atoms with E-state index in [1.165, 1.54) is 37.7 Å². The van der Waals surface area contributed by atoms with Crippen molar-refractivity contribution in [1.29, 1.82) is 0 Å². The van der Waals surface area contributed by atoms with Gasteiger partial charge in [0.25, 0.3) is 0 Å². The molecule has 3 aromatic rings. The second kappa shape index (κ2) is 9.46. The highest BCUT2D eigenvalue weighted by atomic mass is 32.1. The van der Waals surface area contributed by atoms with Crippen LogP contribution in [-0.2, 0) is 11.3 Å². The minimum absolute atomic E-state index is 0.0818. The number of fused-ring (bicyclic) bond motifs is 1. The number of phenolic OH excluding ortho intramolecular Hbond substituents is 1. The predicted octanol–water partition coefficient (Wildman–Crippen LogP) is 5.04. The highest BCUT2D eigenvalue weighted by Crippen LogP contribution is 2.45. The van der Waals surface area contributed by atoms with Crippen molar-refractivity contribution in [2.45, 2.75) is 19.9 Å². The van der Waals surface area contributed by atoms with Crippen LogP contribution in [0.2, 0.25) is 0 Å². The first-order valence-corrected chi connectivity index (χ1v) is 11.1. The molecule has 0 spiro atoms. The van der Waals surface area contributed by atoms with Gasteiger partial charge in [0.1, 0.15) is 5.82 Å². The van der Waals surface area contributed by atoms with Gasteiger partial charge < -0.3 is 19.9 Å². The third-order valence-electron chi connectivity index (χ3n) is 5.55. The van der Waals surface area contributed by atoms with E-state index in [0.717, 1.165) is 32.7 Å². The Morgan fingerprint density at radius 3 is 2.55 bits per heavy atom. The fourth-order valence-corrected chi connectivity index (χ4v) is 4.42. The highest BCUT2D eigenvalue weighted by Gasteiger charge is 2.26. The van der Waals surface area contributed by atoms with Crippen molar-refractivity contribution < 1.29 is 23.8 Å². The first-order valence-electron chi connectivity index (χ1n) is 10.2. The van der Waals surface area contributed by atoms with Crippen molar-refractivity contribution in [2.24, 2.45) is 0 Å². The summed E-state index contributed by atoms with van der Waals surface area (Å²) < 4.78 is 24.6. The molecule has 170 valence electrons. The normalized spacial score (nSPS) is 13.9. The van der Waals surface area contributed by atoms with Gasteiger partial charge in [-0.3, -0.25) is 9.78 Å². The Labute approximate surface area is 195 Å². The largest absolute Gasteiger partial charge is 0.502 e. The molecule has 0 saturated heterocycles. The summed E-state index contributed by atoms with van der Waals surface area (Å²) in [5.41, 5.74) is 6.51. The number of nitrogens with one attached hydrogen (secondary N) is 1. The van der Waals surface area contributed by atoms with E-state index in [1.807, 2.05) is 13.0 Å². The summed E-state index contributed by atoms with van der Waals surface area (Å²) in [6.07, 6.45) is 3.76. The molecular weight excluding hydrogens is 443 g/mol. The number of methoxy groups -OCH3 is 2. The number of thiazole rings is 1. The molecule has 4 rings (SSSR count). The Morgan fingerprint density at radius 2 is 1.91 bits per heavy atom. The van der Waals surface area contributed by atoms with Gasteiger partial charge in [-0.05, 0) is 70.7 Å². The number of carbonyl (C=O) groups is 1. The van der Waals surface area contributed by atoms with Crippen LogP contribution in [0.5, 0.6) is 17.2 Å². The van der Waals surface area contributed by atoms with Gasteiger partial charge in [-0.15, -0.1) is 11.3 Å². The molecule has 6 nitrogen and oxygen atoms in total. The number of rotatable bonds is 7. The summed E-state index contributed by atoms with van der Waals surface area (Å²) in [6.45, 7) is 2.33. The second-order valence-corrected chi connectivity index (χ2v) is 8.52. The Morgan fingerprint density at radius 1 is 1.18 bits per heavy atom. The summed E-state index contributed by atoms with van der Waals surface area (Å²) in [5, 5.41) is 13.1. The summed E-state index contributed by atoms with van der Waals surface area (Å²) in [6, 6.07) is 7.98. The molecule has 0 unspecified atom stereocenters. The minimum atomic E-state index is -0.363. The number of phenols is 1. The van der Waals surface area contributed by atoms with Crippen LogP contribution in [0.3, 0.4) is 0 Å². The lowest BCUT2D eigenvalue weighted by molar-refractivity contribution is -0.120. The van der Waals surface area contributed by atoms with E-state index < -0.39 is 0 Å². The lowest BCUT2D eigenvalue weighted by Gasteiger charge is -2.11. The third kappa shape index (κ3) is 4.61. The molecule has 1 amide bonds. The first kappa shape index (κ1) is 22.5. The van der Waals surface area contributed by atoms with Crippen LogP contribution in [0.25, 0.3) is 17.2 Å². The topological polar surface area (TPSA) is 80.7 Å². The van der Waals surface area contributed by atoms with E-state index in [9.17, 15) is 14.3 Å². The van der Waals surface area contributed by atoms with Crippen LogP contribution in [-0.4, -0.2) is 30.2 Å². The van der Waals surface area contributed by atoms with Crippen LogP contribution in [0, 0.1) is 5.82 Å². The zero-order valence-electron chi connectivity index (χ0n) is 18.4. The lowest BCUT2D eigenvalue weighted by Crippen LogP contribution is -2.22. The fourth-order valence-electron chi connectivity index (χ4n) is 3.88. The van der Waals surface area contributed by atoms with Crippen LogP contribution in [0.1, 0.15) is 34.9 Å². The Balaban J connectivity index is 1.70. The number of carbonyl (C=O) groups excluding carboxylic acids is 1. The molecule has 1 aliphatic rings. The molecule has 1 heterocycles. The van der Waals surface area contributed by atoms with Gasteiger partial charge in [-0.25, -0.2) is 4.39 Å². The molecule has 33 heavy (non-hydrogen) atoms. The average molecular weight is 467 g/mol. The highest BCUT2D eigenvalue weighted by molar-refractivity contribution is 7.09. The number of aromatic nitrogens is 1. The van der Waals surface area contributed by atoms with Crippen molar-refractivity contribution in [1.82, 2.24) is 10.3 Å². The van der Waals surface area contributed by atoms with Crippen molar-refractivity contribution in [3.63, 3.8) is 0 Å². The van der Waals surface area contributed by atoms with Crippen LogP contribution in [0.15, 0.2) is 47.6 Å². The zero-order valence-corrected chi connectivity index (χ0v) is 19.3. The van der Waals surface area contributed by atoms with E-state index in [2.05, 4.69) is 10.3 Å². The number of hydrogen-bond donors (Lipinski definition) is 2. The maximum Gasteiger partial charge on any atom is 0.224 e. The minimum Gasteiger partial charge on any atom is -0.502 e. The van der Waals surface area contributed by atoms with Crippen LogP contribution >= 0.6 is 11.3 Å². The van der Waals surface area contributed by atoms with Gasteiger partial charge in [-0.1, -0.05) is 6.07 Å². The SMILES string of the molecule is COc1cc(C=C2C(C)=C(CC(=O)NCc3cncs3)c3cc(F)ccc32)cc(OC)c1O. The molecule has 1 aliphatic carbocycles. The Bertz CT molecular complexity index is 1240. The van der Waals surface area contributed by atoms with E-state index in [4.69, 9.17) is 9.47 Å². The smallest absolute Gasteiger partial charge is 0.224 e. The lowest BCUT2D eigenvalue weighted by atomic mass is 10.00. The molecule has 0 atom stereocenters. The Hall–Kier alpha value is -3.65. The molecule has 2 N–H and O–H groups in total. The quantitative estimate of drug-likeness (QED) is 0.510. The molecular formula is C25H23FN2O4S. The van der Waals surface area contributed by atoms with Crippen molar-refractivity contribution in [2.75, 3.05) is 14.2 Å². The number of amides is 1. The van der Waals surface area contributed by atoms with E-state index in [0.29, 0.717) is 12.1 Å². The number of nitrogens with zero attached hydrogens (tertiary/aromatic N) is 1. The molecule has 0 radical (unpaired) electrons. The van der Waals surface area contributed by atoms with Gasteiger partial charge in [0.15, 0.2) is 11.5 Å². The number of benzene rings is 2. The molecule has 1 aromatic heterocycles. The zero-order chi connectivity index (χ0) is 23.5. The van der Waals surface area contributed by atoms with Gasteiger partial charge >= 0.3 is 0 Å². The Kier molecular flexibility index (Phi) is 6.46. The predicted molar refractivity (Wildman–Crippen MR) is 127 cm³/mol. The van der Waals surface area contributed by atoms with Gasteiger partial charge in [-0.2, -0.15) is 0 Å². The summed E-state index contributed by atoms with van der Waals surface area (Å²) in [5.74, 6) is -0.0345. The van der Waals surface area contributed by atoms with Gasteiger partial charge in [0.05, 0.1) is 32.7 Å². The maximum atomic E-state index is 14.1. The summed E-state index contributed by atoms with van der Waals surface area (Å²) in [7, 11) is 2.93. The molecule has 0 aliphatic heterocycles. The van der Waals surface area contributed by atoms with E-state index >= 15 is 0 Å².